The molecule has 118 valence electrons. The van der Waals surface area contributed by atoms with Crippen molar-refractivity contribution < 1.29 is 0 Å². The molecule has 0 atom stereocenters. The van der Waals surface area contributed by atoms with Crippen molar-refractivity contribution in [2.75, 3.05) is 0 Å². The van der Waals surface area contributed by atoms with Gasteiger partial charge in [-0.1, -0.05) is 78.9 Å². The van der Waals surface area contributed by atoms with Gasteiger partial charge in [0.2, 0.25) is 0 Å². The lowest BCUT2D eigenvalue weighted by atomic mass is 10.00. The molecule has 1 aromatic heterocycles. The van der Waals surface area contributed by atoms with Gasteiger partial charge in [-0.25, -0.2) is 0 Å². The van der Waals surface area contributed by atoms with Gasteiger partial charge < -0.3 is 4.98 Å². The Hall–Kier alpha value is -3.57. The summed E-state index contributed by atoms with van der Waals surface area (Å²) in [6.07, 6.45) is 1.98. The van der Waals surface area contributed by atoms with Crippen molar-refractivity contribution in [3.63, 3.8) is 0 Å². The van der Waals surface area contributed by atoms with Crippen LogP contribution in [-0.2, 0) is 0 Å². The molecule has 25 heavy (non-hydrogen) atoms. The first-order chi connectivity index (χ1) is 12.4. The molecule has 0 saturated heterocycles. The molecule has 0 aliphatic carbocycles. The van der Waals surface area contributed by atoms with Gasteiger partial charge in [0.05, 0.1) is 17.3 Å². The highest BCUT2D eigenvalue weighted by molar-refractivity contribution is 6.02. The second kappa shape index (κ2) is 6.51. The smallest absolute Gasteiger partial charge is 0.0998 e. The first-order valence-electron chi connectivity index (χ1n) is 8.20. The molecule has 4 aromatic rings. The molecule has 2 heteroatoms. The largest absolute Gasteiger partial charge is 0.354 e. The van der Waals surface area contributed by atoms with Crippen LogP contribution in [0, 0.1) is 11.3 Å². The summed E-state index contributed by atoms with van der Waals surface area (Å²) in [6.45, 7) is 0. The number of aromatic amines is 1. The number of benzene rings is 3. The number of nitrogens with zero attached hydrogens (tertiary/aromatic N) is 1. The minimum atomic E-state index is 0.655. The summed E-state index contributed by atoms with van der Waals surface area (Å²) in [5, 5.41) is 10.8. The Morgan fingerprint density at radius 2 is 1.44 bits per heavy atom. The van der Waals surface area contributed by atoms with Gasteiger partial charge in [0.25, 0.3) is 0 Å². The number of rotatable bonds is 3. The van der Waals surface area contributed by atoms with E-state index < -0.39 is 0 Å². The SMILES string of the molecule is N#C/C(=C\c1c(-c2ccccc2)[nH]c2ccccc12)c1ccccc1. The number of para-hydroxylation sites is 1. The lowest BCUT2D eigenvalue weighted by Gasteiger charge is -2.03. The van der Waals surface area contributed by atoms with Gasteiger partial charge in [0.1, 0.15) is 0 Å². The summed E-state index contributed by atoms with van der Waals surface area (Å²) < 4.78 is 0. The fourth-order valence-electron chi connectivity index (χ4n) is 3.09. The monoisotopic (exact) mass is 320 g/mol. The Kier molecular flexibility index (Phi) is 3.90. The van der Waals surface area contributed by atoms with Crippen molar-refractivity contribution in [2.45, 2.75) is 0 Å². The fourth-order valence-corrected chi connectivity index (χ4v) is 3.09. The van der Waals surface area contributed by atoms with Gasteiger partial charge in [-0.15, -0.1) is 0 Å². The predicted octanol–water partition coefficient (Wildman–Crippen LogP) is 5.90. The van der Waals surface area contributed by atoms with Gasteiger partial charge in [-0.3, -0.25) is 0 Å². The van der Waals surface area contributed by atoms with Crippen LogP contribution in [0.4, 0.5) is 0 Å². The minimum absolute atomic E-state index is 0.655. The molecule has 1 N–H and O–H groups in total. The maximum atomic E-state index is 9.68. The number of nitrogens with one attached hydrogen (secondary N) is 1. The molecule has 4 rings (SSSR count). The van der Waals surface area contributed by atoms with E-state index in [0.29, 0.717) is 5.57 Å². The molecule has 0 aliphatic heterocycles. The summed E-state index contributed by atoms with van der Waals surface area (Å²) >= 11 is 0. The van der Waals surface area contributed by atoms with Gasteiger partial charge in [0, 0.05) is 16.5 Å². The lowest BCUT2D eigenvalue weighted by Crippen LogP contribution is -1.84. The van der Waals surface area contributed by atoms with Crippen LogP contribution < -0.4 is 0 Å². The van der Waals surface area contributed by atoms with E-state index in [0.717, 1.165) is 33.3 Å². The second-order valence-corrected chi connectivity index (χ2v) is 5.86. The second-order valence-electron chi connectivity index (χ2n) is 5.86. The number of nitriles is 1. The number of allylic oxidation sites excluding steroid dienone is 1. The van der Waals surface area contributed by atoms with Crippen molar-refractivity contribution in [2.24, 2.45) is 0 Å². The molecular formula is C23H16N2. The van der Waals surface area contributed by atoms with Crippen LogP contribution in [-0.4, -0.2) is 4.98 Å². The molecule has 0 aliphatic rings. The Morgan fingerprint density at radius 1 is 0.800 bits per heavy atom. The zero-order valence-corrected chi connectivity index (χ0v) is 13.6. The van der Waals surface area contributed by atoms with Crippen LogP contribution in [0.5, 0.6) is 0 Å². The fraction of sp³-hybridized carbons (Fsp3) is 0. The van der Waals surface area contributed by atoms with Crippen molar-refractivity contribution >= 4 is 22.6 Å². The first kappa shape index (κ1) is 15.0. The highest BCUT2D eigenvalue weighted by Gasteiger charge is 2.12. The molecule has 0 saturated carbocycles. The Morgan fingerprint density at radius 3 is 2.16 bits per heavy atom. The molecular weight excluding hydrogens is 304 g/mol. The molecule has 0 spiro atoms. The molecule has 0 bridgehead atoms. The van der Waals surface area contributed by atoms with Crippen molar-refractivity contribution in [1.29, 1.82) is 5.26 Å². The Balaban J connectivity index is 1.97. The standard InChI is InChI=1S/C23H16N2/c24-16-19(17-9-3-1-4-10-17)15-21-20-13-7-8-14-22(20)25-23(21)18-11-5-2-6-12-18/h1-15,25H/b19-15+. The van der Waals surface area contributed by atoms with Crippen LogP contribution in [0.25, 0.3) is 33.8 Å². The van der Waals surface area contributed by atoms with Crippen LogP contribution in [0.15, 0.2) is 84.9 Å². The first-order valence-corrected chi connectivity index (χ1v) is 8.20. The average Bonchev–Trinajstić information content (AvgIpc) is 3.06. The van der Waals surface area contributed by atoms with Crippen LogP contribution in [0.3, 0.4) is 0 Å². The molecule has 0 unspecified atom stereocenters. The van der Waals surface area contributed by atoms with Crippen molar-refractivity contribution in [1.82, 2.24) is 4.98 Å². The summed E-state index contributed by atoms with van der Waals surface area (Å²) in [5.74, 6) is 0. The summed E-state index contributed by atoms with van der Waals surface area (Å²) in [4.78, 5) is 3.51. The van der Waals surface area contributed by atoms with E-state index in [2.05, 4.69) is 35.3 Å². The number of fused-ring (bicyclic) bond motifs is 1. The normalized spacial score (nSPS) is 11.4. The summed E-state index contributed by atoms with van der Waals surface area (Å²) in [6, 6.07) is 30.5. The number of H-pyrrole nitrogens is 1. The number of hydrogen-bond donors (Lipinski definition) is 1. The van der Waals surface area contributed by atoms with E-state index in [-0.39, 0.29) is 0 Å². The molecule has 1 heterocycles. The Labute approximate surface area is 146 Å². The third-order valence-electron chi connectivity index (χ3n) is 4.30. The number of aromatic nitrogens is 1. The molecule has 0 fully saturated rings. The van der Waals surface area contributed by atoms with Gasteiger partial charge in [-0.2, -0.15) is 5.26 Å². The minimum Gasteiger partial charge on any atom is -0.354 e. The van der Waals surface area contributed by atoms with Gasteiger partial charge in [-0.05, 0) is 23.3 Å². The summed E-state index contributed by atoms with van der Waals surface area (Å²) in [5.41, 5.74) is 5.83. The molecule has 3 aromatic carbocycles. The van der Waals surface area contributed by atoms with Crippen molar-refractivity contribution in [3.05, 3.63) is 96.1 Å². The summed E-state index contributed by atoms with van der Waals surface area (Å²) in [7, 11) is 0. The van der Waals surface area contributed by atoms with Crippen LogP contribution >= 0.6 is 0 Å². The molecule has 0 radical (unpaired) electrons. The van der Waals surface area contributed by atoms with E-state index in [4.69, 9.17) is 0 Å². The highest BCUT2D eigenvalue weighted by Crippen LogP contribution is 2.33. The predicted molar refractivity (Wildman–Crippen MR) is 104 cm³/mol. The van der Waals surface area contributed by atoms with E-state index in [1.54, 1.807) is 0 Å². The zero-order chi connectivity index (χ0) is 17.1. The maximum absolute atomic E-state index is 9.68. The van der Waals surface area contributed by atoms with Crippen LogP contribution in [0.2, 0.25) is 0 Å². The highest BCUT2D eigenvalue weighted by atomic mass is 14.7. The maximum Gasteiger partial charge on any atom is 0.0998 e. The molecule has 0 amide bonds. The average molecular weight is 320 g/mol. The van der Waals surface area contributed by atoms with E-state index in [1.807, 2.05) is 66.7 Å². The van der Waals surface area contributed by atoms with E-state index in [9.17, 15) is 5.26 Å². The van der Waals surface area contributed by atoms with Gasteiger partial charge in [0.15, 0.2) is 0 Å². The topological polar surface area (TPSA) is 39.6 Å². The molecule has 2 nitrogen and oxygen atoms in total. The third-order valence-corrected chi connectivity index (χ3v) is 4.30. The quantitative estimate of drug-likeness (QED) is 0.469. The lowest BCUT2D eigenvalue weighted by molar-refractivity contribution is 1.44. The zero-order valence-electron chi connectivity index (χ0n) is 13.6. The van der Waals surface area contributed by atoms with Crippen molar-refractivity contribution in [3.8, 4) is 17.3 Å². The van der Waals surface area contributed by atoms with E-state index in [1.165, 1.54) is 0 Å². The number of hydrogen-bond acceptors (Lipinski definition) is 1. The third kappa shape index (κ3) is 2.84. The van der Waals surface area contributed by atoms with Crippen LogP contribution in [0.1, 0.15) is 11.1 Å². The Bertz CT molecular complexity index is 1080. The van der Waals surface area contributed by atoms with Gasteiger partial charge >= 0.3 is 0 Å². The van der Waals surface area contributed by atoms with E-state index >= 15 is 0 Å².